The second-order valence-electron chi connectivity index (χ2n) is 2.67. The Balaban J connectivity index is 2.34. The number of nitrogens with one attached hydrogen (secondary N) is 1. The van der Waals surface area contributed by atoms with Gasteiger partial charge in [-0.3, -0.25) is 14.6 Å². The summed E-state index contributed by atoms with van der Waals surface area (Å²) in [5.41, 5.74) is 0.700. The Kier molecular flexibility index (Phi) is 3.60. The number of carbonyl (C=O) groups is 2. The van der Waals surface area contributed by atoms with Crippen LogP contribution in [0, 0.1) is 0 Å². The zero-order valence-corrected chi connectivity index (χ0v) is 7.43. The lowest BCUT2D eigenvalue weighted by molar-refractivity contribution is -0.140. The summed E-state index contributed by atoms with van der Waals surface area (Å²) in [6, 6.07) is 5.31. The van der Waals surface area contributed by atoms with Gasteiger partial charge in [0, 0.05) is 6.20 Å². The van der Waals surface area contributed by atoms with E-state index < -0.39 is 18.3 Å². The van der Waals surface area contributed by atoms with E-state index in [4.69, 9.17) is 5.11 Å². The molecule has 0 radical (unpaired) electrons. The summed E-state index contributed by atoms with van der Waals surface area (Å²) in [6.45, 7) is 0.257. The van der Waals surface area contributed by atoms with Crippen molar-refractivity contribution in [2.45, 2.75) is 13.0 Å². The molecule has 5 heteroatoms. The maximum absolute atomic E-state index is 10.9. The standard InChI is InChI=1S/C9H10N2O3/c12-8(5-9(13)14)11-6-7-3-1-2-4-10-7/h1-4H,5-6H2,(H,11,12)(H,13,14). The van der Waals surface area contributed by atoms with Crippen molar-refractivity contribution in [3.05, 3.63) is 30.1 Å². The fourth-order valence-electron chi connectivity index (χ4n) is 0.892. The van der Waals surface area contributed by atoms with Crippen LogP contribution in [0.2, 0.25) is 0 Å². The second-order valence-corrected chi connectivity index (χ2v) is 2.67. The normalized spacial score (nSPS) is 9.43. The minimum atomic E-state index is -1.14. The summed E-state index contributed by atoms with van der Waals surface area (Å²) in [5.74, 6) is -1.65. The van der Waals surface area contributed by atoms with E-state index in [1.807, 2.05) is 0 Å². The van der Waals surface area contributed by atoms with Crippen LogP contribution in [0.1, 0.15) is 12.1 Å². The molecule has 0 atom stereocenters. The predicted octanol–water partition coefficient (Wildman–Crippen LogP) is 0.172. The SMILES string of the molecule is O=C(O)CC(=O)NCc1ccccn1. The van der Waals surface area contributed by atoms with Gasteiger partial charge in [-0.25, -0.2) is 0 Å². The van der Waals surface area contributed by atoms with Gasteiger partial charge in [0.15, 0.2) is 0 Å². The summed E-state index contributed by atoms with van der Waals surface area (Å²) >= 11 is 0. The van der Waals surface area contributed by atoms with Crippen molar-refractivity contribution < 1.29 is 14.7 Å². The minimum absolute atomic E-state index is 0.257. The number of amides is 1. The predicted molar refractivity (Wildman–Crippen MR) is 48.3 cm³/mol. The van der Waals surface area contributed by atoms with Crippen LogP contribution in [0.15, 0.2) is 24.4 Å². The van der Waals surface area contributed by atoms with Crippen molar-refractivity contribution in [1.29, 1.82) is 0 Å². The van der Waals surface area contributed by atoms with Gasteiger partial charge in [-0.1, -0.05) is 6.07 Å². The number of carboxylic acids is 1. The Hall–Kier alpha value is -1.91. The maximum atomic E-state index is 10.9. The minimum Gasteiger partial charge on any atom is -0.481 e. The number of carboxylic acid groups (broad SMARTS) is 1. The molecule has 1 aromatic rings. The topological polar surface area (TPSA) is 79.3 Å². The van der Waals surface area contributed by atoms with Crippen molar-refractivity contribution in [2.24, 2.45) is 0 Å². The van der Waals surface area contributed by atoms with Gasteiger partial charge in [-0.05, 0) is 12.1 Å². The summed E-state index contributed by atoms with van der Waals surface area (Å²) in [6.07, 6.45) is 1.10. The molecule has 0 saturated heterocycles. The molecule has 0 saturated carbocycles. The van der Waals surface area contributed by atoms with Crippen LogP contribution in [-0.2, 0) is 16.1 Å². The number of rotatable bonds is 4. The van der Waals surface area contributed by atoms with Gasteiger partial charge in [0.25, 0.3) is 0 Å². The molecule has 0 unspecified atom stereocenters. The fourth-order valence-corrected chi connectivity index (χ4v) is 0.892. The molecule has 0 aromatic carbocycles. The molecule has 1 rings (SSSR count). The van der Waals surface area contributed by atoms with Gasteiger partial charge in [0.1, 0.15) is 6.42 Å². The molecular weight excluding hydrogens is 184 g/mol. The molecule has 1 amide bonds. The van der Waals surface area contributed by atoms with Gasteiger partial charge < -0.3 is 10.4 Å². The fraction of sp³-hybridized carbons (Fsp3) is 0.222. The number of nitrogens with zero attached hydrogens (tertiary/aromatic N) is 1. The lowest BCUT2D eigenvalue weighted by Gasteiger charge is -2.01. The molecule has 0 spiro atoms. The molecule has 74 valence electrons. The lowest BCUT2D eigenvalue weighted by atomic mass is 10.3. The van der Waals surface area contributed by atoms with Crippen LogP contribution in [0.25, 0.3) is 0 Å². The smallest absolute Gasteiger partial charge is 0.312 e. The summed E-state index contributed by atoms with van der Waals surface area (Å²) in [4.78, 5) is 25.0. The van der Waals surface area contributed by atoms with Crippen molar-refractivity contribution in [1.82, 2.24) is 10.3 Å². The van der Waals surface area contributed by atoms with Crippen molar-refractivity contribution in [3.63, 3.8) is 0 Å². The molecule has 0 aliphatic rings. The summed E-state index contributed by atoms with van der Waals surface area (Å²) in [7, 11) is 0. The van der Waals surface area contributed by atoms with E-state index in [1.165, 1.54) is 0 Å². The highest BCUT2D eigenvalue weighted by atomic mass is 16.4. The first-order chi connectivity index (χ1) is 6.68. The molecule has 0 fully saturated rings. The first kappa shape index (κ1) is 10.2. The van der Waals surface area contributed by atoms with E-state index in [9.17, 15) is 9.59 Å². The van der Waals surface area contributed by atoms with Gasteiger partial charge in [-0.15, -0.1) is 0 Å². The van der Waals surface area contributed by atoms with Crippen LogP contribution < -0.4 is 5.32 Å². The number of hydrogen-bond acceptors (Lipinski definition) is 3. The molecule has 1 aromatic heterocycles. The van der Waals surface area contributed by atoms with Gasteiger partial charge in [-0.2, -0.15) is 0 Å². The number of hydrogen-bond donors (Lipinski definition) is 2. The molecule has 14 heavy (non-hydrogen) atoms. The molecule has 0 aliphatic carbocycles. The quantitative estimate of drug-likeness (QED) is 0.670. The van der Waals surface area contributed by atoms with Gasteiger partial charge in [0.2, 0.25) is 5.91 Å². The maximum Gasteiger partial charge on any atom is 0.312 e. The number of aromatic nitrogens is 1. The van der Waals surface area contributed by atoms with Crippen molar-refractivity contribution in [3.8, 4) is 0 Å². The molecule has 0 bridgehead atoms. The Labute approximate surface area is 80.8 Å². The summed E-state index contributed by atoms with van der Waals surface area (Å²) in [5, 5.41) is 10.8. The molecule has 2 N–H and O–H groups in total. The van der Waals surface area contributed by atoms with E-state index >= 15 is 0 Å². The van der Waals surface area contributed by atoms with E-state index in [2.05, 4.69) is 10.3 Å². The highest BCUT2D eigenvalue weighted by molar-refractivity contribution is 5.93. The average molecular weight is 194 g/mol. The third-order valence-corrected chi connectivity index (χ3v) is 1.50. The van der Waals surface area contributed by atoms with E-state index in [0.717, 1.165) is 0 Å². The highest BCUT2D eigenvalue weighted by Crippen LogP contribution is 1.92. The Morgan fingerprint density at radius 3 is 2.79 bits per heavy atom. The van der Waals surface area contributed by atoms with Crippen molar-refractivity contribution >= 4 is 11.9 Å². The number of carbonyl (C=O) groups excluding carboxylic acids is 1. The van der Waals surface area contributed by atoms with Crippen LogP contribution in [0.4, 0.5) is 0 Å². The van der Waals surface area contributed by atoms with Crippen LogP contribution in [-0.4, -0.2) is 22.0 Å². The third-order valence-electron chi connectivity index (χ3n) is 1.50. The first-order valence-electron chi connectivity index (χ1n) is 4.07. The zero-order valence-electron chi connectivity index (χ0n) is 7.43. The van der Waals surface area contributed by atoms with Crippen molar-refractivity contribution in [2.75, 3.05) is 0 Å². The molecule has 5 nitrogen and oxygen atoms in total. The molecular formula is C9H10N2O3. The monoisotopic (exact) mass is 194 g/mol. The lowest BCUT2D eigenvalue weighted by Crippen LogP contribution is -2.25. The first-order valence-corrected chi connectivity index (χ1v) is 4.07. The average Bonchev–Trinajstić information content (AvgIpc) is 2.15. The van der Waals surface area contributed by atoms with Gasteiger partial charge in [0.05, 0.1) is 12.2 Å². The number of aliphatic carboxylic acids is 1. The largest absolute Gasteiger partial charge is 0.481 e. The van der Waals surface area contributed by atoms with E-state index in [1.54, 1.807) is 24.4 Å². The molecule has 1 heterocycles. The number of pyridine rings is 1. The molecule has 0 aliphatic heterocycles. The van der Waals surface area contributed by atoms with Crippen LogP contribution >= 0.6 is 0 Å². The highest BCUT2D eigenvalue weighted by Gasteiger charge is 2.06. The summed E-state index contributed by atoms with van der Waals surface area (Å²) < 4.78 is 0. The Morgan fingerprint density at radius 1 is 1.43 bits per heavy atom. The zero-order chi connectivity index (χ0) is 10.4. The third kappa shape index (κ3) is 3.66. The Morgan fingerprint density at radius 2 is 2.21 bits per heavy atom. The second kappa shape index (κ2) is 4.96. The Bertz CT molecular complexity index is 324. The van der Waals surface area contributed by atoms with E-state index in [0.29, 0.717) is 5.69 Å². The van der Waals surface area contributed by atoms with Crippen LogP contribution in [0.3, 0.4) is 0 Å². The van der Waals surface area contributed by atoms with Gasteiger partial charge >= 0.3 is 5.97 Å². The van der Waals surface area contributed by atoms with E-state index in [-0.39, 0.29) is 6.54 Å². The van der Waals surface area contributed by atoms with Crippen LogP contribution in [0.5, 0.6) is 0 Å².